The first-order chi connectivity index (χ1) is 11.2. The van der Waals surface area contributed by atoms with Gasteiger partial charge < -0.3 is 10.1 Å². The summed E-state index contributed by atoms with van der Waals surface area (Å²) in [6, 6.07) is 15.0. The Morgan fingerprint density at radius 2 is 2.00 bits per heavy atom. The summed E-state index contributed by atoms with van der Waals surface area (Å²) in [4.78, 5) is 11.7. The molecule has 0 atom stereocenters. The molecule has 118 valence electrons. The van der Waals surface area contributed by atoms with Crippen LogP contribution in [0, 0.1) is 17.1 Å². The van der Waals surface area contributed by atoms with Gasteiger partial charge in [-0.1, -0.05) is 18.2 Å². The number of nitriles is 1. The molecule has 0 aliphatic carbocycles. The molecule has 0 saturated carbocycles. The van der Waals surface area contributed by atoms with Gasteiger partial charge in [-0.3, -0.25) is 4.79 Å². The monoisotopic (exact) mass is 312 g/mol. The first kappa shape index (κ1) is 16.5. The minimum absolute atomic E-state index is 0.0720. The summed E-state index contributed by atoms with van der Waals surface area (Å²) in [6.07, 6.45) is 0.890. The number of amides is 1. The van der Waals surface area contributed by atoms with Crippen molar-refractivity contribution in [3.8, 4) is 11.8 Å². The quantitative estimate of drug-likeness (QED) is 0.799. The Morgan fingerprint density at radius 1 is 1.22 bits per heavy atom. The van der Waals surface area contributed by atoms with Crippen LogP contribution in [-0.2, 0) is 11.3 Å². The van der Waals surface area contributed by atoms with Crippen LogP contribution in [0.25, 0.3) is 0 Å². The Morgan fingerprint density at radius 3 is 2.70 bits per heavy atom. The average molecular weight is 312 g/mol. The number of halogens is 1. The highest BCUT2D eigenvalue weighted by Crippen LogP contribution is 2.12. The lowest BCUT2D eigenvalue weighted by Crippen LogP contribution is -2.22. The second kappa shape index (κ2) is 8.54. The summed E-state index contributed by atoms with van der Waals surface area (Å²) < 4.78 is 18.3. The van der Waals surface area contributed by atoms with E-state index in [9.17, 15) is 9.18 Å². The molecule has 0 radical (unpaired) electrons. The minimum Gasteiger partial charge on any atom is -0.493 e. The molecule has 0 heterocycles. The maximum Gasteiger partial charge on any atom is 0.220 e. The zero-order valence-corrected chi connectivity index (χ0v) is 12.6. The first-order valence-corrected chi connectivity index (χ1v) is 7.31. The average Bonchev–Trinajstić information content (AvgIpc) is 2.57. The summed E-state index contributed by atoms with van der Waals surface area (Å²) in [6.45, 7) is 0.781. The molecule has 2 aromatic carbocycles. The lowest BCUT2D eigenvalue weighted by Gasteiger charge is -2.07. The standard InChI is InChI=1S/C18H17FN2O2/c19-16-3-1-4-17(11-16)23-10-2-5-18(22)21-13-15-8-6-14(12-20)7-9-15/h1,3-4,6-9,11H,2,5,10,13H2,(H,21,22). The van der Waals surface area contributed by atoms with Crippen molar-refractivity contribution >= 4 is 5.91 Å². The predicted molar refractivity (Wildman–Crippen MR) is 84.1 cm³/mol. The smallest absolute Gasteiger partial charge is 0.220 e. The van der Waals surface area contributed by atoms with Gasteiger partial charge in [0, 0.05) is 19.0 Å². The lowest BCUT2D eigenvalue weighted by molar-refractivity contribution is -0.121. The highest BCUT2D eigenvalue weighted by molar-refractivity contribution is 5.75. The van der Waals surface area contributed by atoms with E-state index in [4.69, 9.17) is 10.00 Å². The molecule has 2 rings (SSSR count). The van der Waals surface area contributed by atoms with Crippen molar-refractivity contribution in [1.82, 2.24) is 5.32 Å². The van der Waals surface area contributed by atoms with E-state index in [0.717, 1.165) is 5.56 Å². The number of ether oxygens (including phenoxy) is 1. The first-order valence-electron chi connectivity index (χ1n) is 7.31. The maximum atomic E-state index is 13.0. The van der Waals surface area contributed by atoms with E-state index in [-0.39, 0.29) is 11.7 Å². The van der Waals surface area contributed by atoms with Gasteiger partial charge >= 0.3 is 0 Å². The number of hydrogen-bond acceptors (Lipinski definition) is 3. The van der Waals surface area contributed by atoms with Gasteiger partial charge in [-0.25, -0.2) is 4.39 Å². The number of nitrogens with zero attached hydrogens (tertiary/aromatic N) is 1. The van der Waals surface area contributed by atoms with Crippen LogP contribution in [0.15, 0.2) is 48.5 Å². The zero-order valence-electron chi connectivity index (χ0n) is 12.6. The highest BCUT2D eigenvalue weighted by Gasteiger charge is 2.02. The third-order valence-corrected chi connectivity index (χ3v) is 3.19. The van der Waals surface area contributed by atoms with Gasteiger partial charge in [0.2, 0.25) is 5.91 Å². The molecule has 0 fully saturated rings. The van der Waals surface area contributed by atoms with Crippen LogP contribution >= 0.6 is 0 Å². The van der Waals surface area contributed by atoms with E-state index in [1.807, 2.05) is 18.2 Å². The molecular formula is C18H17FN2O2. The Balaban J connectivity index is 1.64. The van der Waals surface area contributed by atoms with Crippen LogP contribution < -0.4 is 10.1 Å². The molecule has 1 amide bonds. The fraction of sp³-hybridized carbons (Fsp3) is 0.222. The van der Waals surface area contributed by atoms with Crippen LogP contribution in [0.3, 0.4) is 0 Å². The SMILES string of the molecule is N#Cc1ccc(CNC(=O)CCCOc2cccc(F)c2)cc1. The second-order valence-electron chi connectivity index (χ2n) is 4.99. The zero-order chi connectivity index (χ0) is 16.5. The Labute approximate surface area is 134 Å². The molecule has 0 aromatic heterocycles. The summed E-state index contributed by atoms with van der Waals surface area (Å²) in [5.41, 5.74) is 1.53. The van der Waals surface area contributed by atoms with Crippen LogP contribution in [-0.4, -0.2) is 12.5 Å². The molecular weight excluding hydrogens is 295 g/mol. The van der Waals surface area contributed by atoms with Crippen molar-refractivity contribution in [2.75, 3.05) is 6.61 Å². The second-order valence-corrected chi connectivity index (χ2v) is 4.99. The van der Waals surface area contributed by atoms with Crippen molar-refractivity contribution in [3.63, 3.8) is 0 Å². The number of hydrogen-bond donors (Lipinski definition) is 1. The minimum atomic E-state index is -0.345. The van der Waals surface area contributed by atoms with Crippen LogP contribution in [0.4, 0.5) is 4.39 Å². The largest absolute Gasteiger partial charge is 0.493 e. The topological polar surface area (TPSA) is 62.1 Å². The summed E-state index contributed by atoms with van der Waals surface area (Å²) in [7, 11) is 0. The van der Waals surface area contributed by atoms with Crippen molar-refractivity contribution in [2.45, 2.75) is 19.4 Å². The summed E-state index contributed by atoms with van der Waals surface area (Å²) in [5.74, 6) is 0.0443. The van der Waals surface area contributed by atoms with Crippen molar-refractivity contribution in [3.05, 3.63) is 65.5 Å². The van der Waals surface area contributed by atoms with E-state index < -0.39 is 0 Å². The Kier molecular flexibility index (Phi) is 6.13. The molecule has 4 nitrogen and oxygen atoms in total. The van der Waals surface area contributed by atoms with Gasteiger partial charge in [0.15, 0.2) is 0 Å². The molecule has 0 bridgehead atoms. The van der Waals surface area contributed by atoms with E-state index >= 15 is 0 Å². The number of benzene rings is 2. The molecule has 5 heteroatoms. The predicted octanol–water partition coefficient (Wildman–Crippen LogP) is 3.17. The number of carbonyl (C=O) groups excluding carboxylic acids is 1. The van der Waals surface area contributed by atoms with Crippen molar-refractivity contribution in [1.29, 1.82) is 5.26 Å². The van der Waals surface area contributed by atoms with E-state index in [2.05, 4.69) is 5.32 Å². The fourth-order valence-electron chi connectivity index (χ4n) is 1.97. The summed E-state index contributed by atoms with van der Waals surface area (Å²) >= 11 is 0. The van der Waals surface area contributed by atoms with E-state index in [1.165, 1.54) is 12.1 Å². The molecule has 1 N–H and O–H groups in total. The van der Waals surface area contributed by atoms with Crippen molar-refractivity contribution in [2.24, 2.45) is 0 Å². The Bertz CT molecular complexity index is 693. The number of rotatable bonds is 7. The molecule has 0 saturated heterocycles. The third-order valence-electron chi connectivity index (χ3n) is 3.19. The molecule has 0 aliphatic rings. The van der Waals surface area contributed by atoms with E-state index in [1.54, 1.807) is 24.3 Å². The molecule has 0 unspecified atom stereocenters. The lowest BCUT2D eigenvalue weighted by atomic mass is 10.1. The maximum absolute atomic E-state index is 13.0. The van der Waals surface area contributed by atoms with Crippen LogP contribution in [0.5, 0.6) is 5.75 Å². The molecule has 0 spiro atoms. The van der Waals surface area contributed by atoms with Gasteiger partial charge in [-0.05, 0) is 36.2 Å². The van der Waals surface area contributed by atoms with Gasteiger partial charge in [-0.15, -0.1) is 0 Å². The van der Waals surface area contributed by atoms with Crippen LogP contribution in [0.2, 0.25) is 0 Å². The van der Waals surface area contributed by atoms with Crippen LogP contribution in [0.1, 0.15) is 24.0 Å². The Hall–Kier alpha value is -2.87. The van der Waals surface area contributed by atoms with Crippen molar-refractivity contribution < 1.29 is 13.9 Å². The normalized spacial score (nSPS) is 9.91. The summed E-state index contributed by atoms with van der Waals surface area (Å²) in [5, 5.41) is 11.5. The van der Waals surface area contributed by atoms with Gasteiger partial charge in [0.05, 0.1) is 18.2 Å². The van der Waals surface area contributed by atoms with Gasteiger partial charge in [0.1, 0.15) is 11.6 Å². The highest BCUT2D eigenvalue weighted by atomic mass is 19.1. The number of carbonyl (C=O) groups is 1. The molecule has 0 aliphatic heterocycles. The molecule has 2 aromatic rings. The number of nitrogens with one attached hydrogen (secondary N) is 1. The van der Waals surface area contributed by atoms with E-state index in [0.29, 0.717) is 37.3 Å². The fourth-order valence-corrected chi connectivity index (χ4v) is 1.97. The molecule has 23 heavy (non-hydrogen) atoms. The third kappa shape index (κ3) is 5.79. The van der Waals surface area contributed by atoms with Gasteiger partial charge in [-0.2, -0.15) is 5.26 Å². The van der Waals surface area contributed by atoms with Gasteiger partial charge in [0.25, 0.3) is 0 Å².